The second-order valence-electron chi connectivity index (χ2n) is 11.9. The zero-order chi connectivity index (χ0) is 35.4. The van der Waals surface area contributed by atoms with Crippen LogP contribution in [0.2, 0.25) is 0 Å². The minimum atomic E-state index is -4.29. The molecule has 2 unspecified atom stereocenters. The average Bonchev–Trinajstić information content (AvgIpc) is 3.06. The molecule has 1 N–H and O–H groups in total. The van der Waals surface area contributed by atoms with Crippen LogP contribution in [0.5, 0.6) is 0 Å². The summed E-state index contributed by atoms with van der Waals surface area (Å²) in [6.07, 6.45) is 39.9. The molecule has 0 bridgehead atoms. The first-order valence-electron chi connectivity index (χ1n) is 18.6. The molecule has 0 aromatic heterocycles. The molecule has 276 valence electrons. The molecule has 0 saturated heterocycles. The molecule has 0 radical (unpaired) electrons. The molecule has 2 atom stereocenters. The van der Waals surface area contributed by atoms with E-state index < -0.39 is 32.5 Å². The van der Waals surface area contributed by atoms with Gasteiger partial charge in [-0.25, -0.2) is 4.57 Å². The third-order valence-corrected chi connectivity index (χ3v) is 8.37. The Bertz CT molecular complexity index is 969. The Morgan fingerprint density at radius 3 is 1.67 bits per heavy atom. The maximum atomic E-state index is 12.5. The van der Waals surface area contributed by atoms with E-state index in [0.29, 0.717) is 6.42 Å². The predicted molar refractivity (Wildman–Crippen MR) is 198 cm³/mol. The molecule has 0 rings (SSSR count). The highest BCUT2D eigenvalue weighted by atomic mass is 31.2. The summed E-state index contributed by atoms with van der Waals surface area (Å²) in [6, 6.07) is 0. The van der Waals surface area contributed by atoms with E-state index in [1.165, 1.54) is 32.1 Å². The number of rotatable bonds is 33. The lowest BCUT2D eigenvalue weighted by molar-refractivity contribution is -0.161. The Morgan fingerprint density at radius 2 is 1.06 bits per heavy atom. The summed E-state index contributed by atoms with van der Waals surface area (Å²) in [6.45, 7) is 5.25. The summed E-state index contributed by atoms with van der Waals surface area (Å²) in [7, 11) is -4.29. The second kappa shape index (κ2) is 34.6. The molecule has 48 heavy (non-hydrogen) atoms. The molecule has 9 heteroatoms. The van der Waals surface area contributed by atoms with Gasteiger partial charge in [0.15, 0.2) is 6.10 Å². The Balaban J connectivity index is 4.28. The van der Waals surface area contributed by atoms with Crippen molar-refractivity contribution in [2.24, 2.45) is 0 Å². The number of carbonyl (C=O) groups is 2. The molecule has 0 aromatic carbocycles. The van der Waals surface area contributed by atoms with E-state index in [1.807, 2.05) is 0 Å². The van der Waals surface area contributed by atoms with Crippen molar-refractivity contribution in [3.63, 3.8) is 0 Å². The van der Waals surface area contributed by atoms with Gasteiger partial charge in [0.1, 0.15) is 6.61 Å². The van der Waals surface area contributed by atoms with Crippen molar-refractivity contribution >= 4 is 19.8 Å². The van der Waals surface area contributed by atoms with Crippen LogP contribution in [0, 0.1) is 0 Å². The number of esters is 2. The maximum absolute atomic E-state index is 12.5. The molecule has 0 aliphatic heterocycles. The molecule has 0 aromatic rings. The van der Waals surface area contributed by atoms with Gasteiger partial charge in [-0.1, -0.05) is 113 Å². The summed E-state index contributed by atoms with van der Waals surface area (Å²) < 4.78 is 32.4. The lowest BCUT2D eigenvalue weighted by Crippen LogP contribution is -2.29. The van der Waals surface area contributed by atoms with Gasteiger partial charge in [-0.15, -0.1) is 0 Å². The Labute approximate surface area is 292 Å². The minimum absolute atomic E-state index is 0.0116. The van der Waals surface area contributed by atoms with E-state index in [-0.39, 0.29) is 26.1 Å². The van der Waals surface area contributed by atoms with Crippen LogP contribution >= 0.6 is 7.82 Å². The first-order valence-corrected chi connectivity index (χ1v) is 20.1. The molecule has 0 aliphatic rings. The van der Waals surface area contributed by atoms with Crippen LogP contribution in [0.4, 0.5) is 0 Å². The van der Waals surface area contributed by atoms with Crippen LogP contribution in [0.15, 0.2) is 60.8 Å². The number of carbonyl (C=O) groups excluding carboxylic acids is 2. The summed E-state index contributed by atoms with van der Waals surface area (Å²) in [5, 5.41) is 0. The van der Waals surface area contributed by atoms with Gasteiger partial charge < -0.3 is 14.4 Å². The Hall–Kier alpha value is -2.25. The molecule has 8 nitrogen and oxygen atoms in total. The van der Waals surface area contributed by atoms with Gasteiger partial charge in [-0.3, -0.25) is 18.6 Å². The van der Waals surface area contributed by atoms with E-state index in [2.05, 4.69) is 74.6 Å². The van der Waals surface area contributed by atoms with Crippen molar-refractivity contribution in [3.05, 3.63) is 60.8 Å². The highest BCUT2D eigenvalue weighted by molar-refractivity contribution is 7.47. The van der Waals surface area contributed by atoms with Crippen LogP contribution in [-0.2, 0) is 32.7 Å². The quantitative estimate of drug-likeness (QED) is 0.0313. The van der Waals surface area contributed by atoms with Crippen molar-refractivity contribution in [1.82, 2.24) is 0 Å². The lowest BCUT2D eigenvalue weighted by atomic mass is 10.1. The molecule has 0 saturated carbocycles. The monoisotopic (exact) mass is 694 g/mol. The largest absolute Gasteiger partial charge is 0.472 e. The van der Waals surface area contributed by atoms with Gasteiger partial charge in [-0.2, -0.15) is 0 Å². The summed E-state index contributed by atoms with van der Waals surface area (Å²) >= 11 is 0. The fourth-order valence-corrected chi connectivity index (χ4v) is 5.37. The van der Waals surface area contributed by atoms with Gasteiger partial charge in [-0.05, 0) is 84.0 Å². The highest BCUT2D eigenvalue weighted by Gasteiger charge is 2.25. The SMILES string of the molecule is CC/C=C\C/C=C\C/C=C\C/C=C\CCCCC(=O)OC(COC(=O)CCCCCCC/C=C\CCCCCC)COP(=O)(O)OCC. The van der Waals surface area contributed by atoms with Crippen molar-refractivity contribution < 1.29 is 37.6 Å². The van der Waals surface area contributed by atoms with Crippen LogP contribution in [-0.4, -0.2) is 42.8 Å². The smallest absolute Gasteiger partial charge is 0.462 e. The lowest BCUT2D eigenvalue weighted by Gasteiger charge is -2.19. The zero-order valence-corrected chi connectivity index (χ0v) is 31.3. The molecular weight excluding hydrogens is 627 g/mol. The molecule has 0 amide bonds. The van der Waals surface area contributed by atoms with E-state index in [1.54, 1.807) is 6.92 Å². The van der Waals surface area contributed by atoms with Crippen molar-refractivity contribution in [3.8, 4) is 0 Å². The molecule has 0 heterocycles. The number of hydrogen-bond donors (Lipinski definition) is 1. The second-order valence-corrected chi connectivity index (χ2v) is 13.3. The minimum Gasteiger partial charge on any atom is -0.462 e. The fourth-order valence-electron chi connectivity index (χ4n) is 4.61. The third kappa shape index (κ3) is 33.6. The molecule has 0 aliphatic carbocycles. The number of ether oxygens (including phenoxy) is 2. The van der Waals surface area contributed by atoms with Crippen LogP contribution in [0.3, 0.4) is 0 Å². The van der Waals surface area contributed by atoms with Gasteiger partial charge in [0, 0.05) is 12.8 Å². The summed E-state index contributed by atoms with van der Waals surface area (Å²) in [5.74, 6) is -0.864. The Morgan fingerprint density at radius 1 is 0.583 bits per heavy atom. The number of phosphoric ester groups is 1. The van der Waals surface area contributed by atoms with Crippen molar-refractivity contribution in [2.45, 2.75) is 155 Å². The highest BCUT2D eigenvalue weighted by Crippen LogP contribution is 2.43. The number of hydrogen-bond acceptors (Lipinski definition) is 7. The van der Waals surface area contributed by atoms with E-state index in [4.69, 9.17) is 18.5 Å². The number of unbranched alkanes of at least 4 members (excludes halogenated alkanes) is 11. The maximum Gasteiger partial charge on any atom is 0.472 e. The first kappa shape index (κ1) is 45.8. The normalized spacial score (nSPS) is 14.2. The van der Waals surface area contributed by atoms with Crippen LogP contribution in [0.1, 0.15) is 149 Å². The Kier molecular flexibility index (Phi) is 33.0. The molecule has 0 fully saturated rings. The average molecular weight is 695 g/mol. The zero-order valence-electron chi connectivity index (χ0n) is 30.4. The summed E-state index contributed by atoms with van der Waals surface area (Å²) in [5.41, 5.74) is 0. The number of allylic oxidation sites excluding steroid dienone is 10. The topological polar surface area (TPSA) is 108 Å². The summed E-state index contributed by atoms with van der Waals surface area (Å²) in [4.78, 5) is 34.5. The van der Waals surface area contributed by atoms with Gasteiger partial charge in [0.2, 0.25) is 0 Å². The van der Waals surface area contributed by atoms with Crippen molar-refractivity contribution in [2.75, 3.05) is 19.8 Å². The molecular formula is C39H67O8P. The van der Waals surface area contributed by atoms with Gasteiger partial charge in [0.05, 0.1) is 13.2 Å². The molecule has 0 spiro atoms. The van der Waals surface area contributed by atoms with Gasteiger partial charge in [0.25, 0.3) is 0 Å². The van der Waals surface area contributed by atoms with E-state index in [0.717, 1.165) is 77.0 Å². The van der Waals surface area contributed by atoms with Crippen LogP contribution in [0.25, 0.3) is 0 Å². The standard InChI is InChI=1S/C39H67O8P/c1-4-7-9-11-13-15-17-19-20-22-24-26-28-30-32-34-39(41)47-37(36-46-48(42,43)45-6-3)35-44-38(40)33-31-29-27-25-23-21-18-16-14-12-10-8-5-2/h7,9,13,15-16,18-20,24,26,37H,4-6,8,10-12,14,17,21-23,25,27-36H2,1-3H3,(H,42,43)/b9-7-,15-13-,18-16-,20-19-,26-24-. The van der Waals surface area contributed by atoms with E-state index >= 15 is 0 Å². The fraction of sp³-hybridized carbons (Fsp3) is 0.692. The predicted octanol–water partition coefficient (Wildman–Crippen LogP) is 11.2. The number of phosphoric acid groups is 1. The first-order chi connectivity index (χ1) is 23.3. The van der Waals surface area contributed by atoms with Crippen LogP contribution < -0.4 is 0 Å². The van der Waals surface area contributed by atoms with Crippen molar-refractivity contribution in [1.29, 1.82) is 0 Å². The third-order valence-electron chi connectivity index (χ3n) is 7.31. The van der Waals surface area contributed by atoms with Gasteiger partial charge >= 0.3 is 19.8 Å². The van der Waals surface area contributed by atoms with E-state index in [9.17, 15) is 19.0 Å².